The topological polar surface area (TPSA) is 46.1 Å². The van der Waals surface area contributed by atoms with E-state index >= 15 is 0 Å². The van der Waals surface area contributed by atoms with Crippen LogP contribution < -0.4 is 14.8 Å². The Morgan fingerprint density at radius 1 is 1.17 bits per heavy atom. The van der Waals surface area contributed by atoms with Crippen LogP contribution in [0.3, 0.4) is 0 Å². The lowest BCUT2D eigenvalue weighted by atomic mass is 10.1. The summed E-state index contributed by atoms with van der Waals surface area (Å²) in [6, 6.07) is 6.11. The first-order valence-electron chi connectivity index (χ1n) is 8.52. The van der Waals surface area contributed by atoms with Crippen molar-refractivity contribution in [2.75, 3.05) is 40.4 Å². The summed E-state index contributed by atoms with van der Waals surface area (Å²) in [5.41, 5.74) is 1.25. The number of ether oxygens (including phenoxy) is 2. The van der Waals surface area contributed by atoms with Crippen molar-refractivity contribution in [3.05, 3.63) is 23.8 Å². The number of nitrogens with zero attached hydrogens (tertiary/aromatic N) is 2. The number of aryl methyl sites for hydroxylation is 1. The molecule has 136 valence electrons. The molecule has 1 heterocycles. The normalized spacial score (nSPS) is 14.3. The fourth-order valence-electron chi connectivity index (χ4n) is 2.86. The number of likely N-dealkylation sites (tertiary alicyclic amines) is 1. The van der Waals surface area contributed by atoms with Gasteiger partial charge in [-0.3, -0.25) is 4.99 Å². The Kier molecular flexibility index (Phi) is 9.90. The Balaban J connectivity index is 0.00000288. The molecule has 1 aromatic carbocycles. The highest BCUT2D eigenvalue weighted by atomic mass is 127. The summed E-state index contributed by atoms with van der Waals surface area (Å²) < 4.78 is 10.6. The van der Waals surface area contributed by atoms with E-state index in [1.54, 1.807) is 14.2 Å². The van der Waals surface area contributed by atoms with Gasteiger partial charge in [0.25, 0.3) is 0 Å². The molecular formula is C18H30IN3O2. The van der Waals surface area contributed by atoms with Crippen molar-refractivity contribution in [3.8, 4) is 11.5 Å². The second-order valence-electron chi connectivity index (χ2n) is 5.72. The van der Waals surface area contributed by atoms with E-state index in [9.17, 15) is 0 Å². The summed E-state index contributed by atoms with van der Waals surface area (Å²) in [7, 11) is 3.33. The molecule has 1 aliphatic heterocycles. The minimum Gasteiger partial charge on any atom is -0.493 e. The Hall–Kier alpha value is -1.18. The second-order valence-corrected chi connectivity index (χ2v) is 5.72. The predicted molar refractivity (Wildman–Crippen MR) is 110 cm³/mol. The van der Waals surface area contributed by atoms with Crippen LogP contribution in [0.4, 0.5) is 0 Å². The fraction of sp³-hybridized carbons (Fsp3) is 0.611. The second kappa shape index (κ2) is 11.4. The van der Waals surface area contributed by atoms with Crippen LogP contribution in [-0.2, 0) is 6.42 Å². The maximum absolute atomic E-state index is 5.35. The first-order valence-corrected chi connectivity index (χ1v) is 8.52. The van der Waals surface area contributed by atoms with Crippen LogP contribution in [0.1, 0.15) is 31.7 Å². The summed E-state index contributed by atoms with van der Waals surface area (Å²) >= 11 is 0. The third-order valence-corrected chi connectivity index (χ3v) is 4.07. The highest BCUT2D eigenvalue weighted by Crippen LogP contribution is 2.27. The van der Waals surface area contributed by atoms with Crippen molar-refractivity contribution in [1.82, 2.24) is 10.2 Å². The Morgan fingerprint density at radius 3 is 2.50 bits per heavy atom. The first-order chi connectivity index (χ1) is 11.3. The number of aliphatic imine (C=N–C) groups is 1. The molecule has 0 atom stereocenters. The number of hydrogen-bond donors (Lipinski definition) is 1. The van der Waals surface area contributed by atoms with Crippen LogP contribution in [0, 0.1) is 0 Å². The van der Waals surface area contributed by atoms with E-state index in [0.717, 1.165) is 56.5 Å². The SMILES string of the molecule is CCNC(=NCCCc1ccc(OC)c(OC)c1)N1CCCC1.I. The lowest BCUT2D eigenvalue weighted by Crippen LogP contribution is -2.39. The lowest BCUT2D eigenvalue weighted by molar-refractivity contribution is 0.354. The van der Waals surface area contributed by atoms with Gasteiger partial charge in [-0.2, -0.15) is 0 Å². The third kappa shape index (κ3) is 6.03. The molecule has 0 unspecified atom stereocenters. The molecule has 1 N–H and O–H groups in total. The molecule has 0 amide bonds. The van der Waals surface area contributed by atoms with E-state index in [2.05, 4.69) is 23.2 Å². The summed E-state index contributed by atoms with van der Waals surface area (Å²) in [6.45, 7) is 6.14. The number of nitrogens with one attached hydrogen (secondary N) is 1. The third-order valence-electron chi connectivity index (χ3n) is 4.07. The van der Waals surface area contributed by atoms with Crippen molar-refractivity contribution >= 4 is 29.9 Å². The van der Waals surface area contributed by atoms with Crippen LogP contribution in [0.2, 0.25) is 0 Å². The minimum absolute atomic E-state index is 0. The Bertz CT molecular complexity index is 517. The number of methoxy groups -OCH3 is 2. The molecule has 0 saturated carbocycles. The highest BCUT2D eigenvalue weighted by Gasteiger charge is 2.15. The monoisotopic (exact) mass is 447 g/mol. The highest BCUT2D eigenvalue weighted by molar-refractivity contribution is 14.0. The van der Waals surface area contributed by atoms with Gasteiger partial charge >= 0.3 is 0 Å². The van der Waals surface area contributed by atoms with Gasteiger partial charge in [-0.25, -0.2) is 0 Å². The van der Waals surface area contributed by atoms with Gasteiger partial charge in [-0.1, -0.05) is 6.07 Å². The van der Waals surface area contributed by atoms with Gasteiger partial charge in [-0.15, -0.1) is 24.0 Å². The molecule has 0 spiro atoms. The predicted octanol–water partition coefficient (Wildman–Crippen LogP) is 3.32. The van der Waals surface area contributed by atoms with E-state index < -0.39 is 0 Å². The van der Waals surface area contributed by atoms with Crippen LogP contribution in [0.5, 0.6) is 11.5 Å². The summed E-state index contributed by atoms with van der Waals surface area (Å²) in [5, 5.41) is 3.40. The largest absolute Gasteiger partial charge is 0.493 e. The lowest BCUT2D eigenvalue weighted by Gasteiger charge is -2.20. The molecule has 0 aromatic heterocycles. The zero-order valence-electron chi connectivity index (χ0n) is 15.0. The summed E-state index contributed by atoms with van der Waals surface area (Å²) in [4.78, 5) is 7.12. The number of guanidine groups is 1. The molecule has 1 saturated heterocycles. The smallest absolute Gasteiger partial charge is 0.193 e. The number of rotatable bonds is 7. The Labute approximate surface area is 162 Å². The van der Waals surface area contributed by atoms with Crippen molar-refractivity contribution in [2.24, 2.45) is 4.99 Å². The van der Waals surface area contributed by atoms with Crippen LogP contribution in [0.25, 0.3) is 0 Å². The molecule has 1 aromatic rings. The fourth-order valence-corrected chi connectivity index (χ4v) is 2.86. The van der Waals surface area contributed by atoms with E-state index in [0.29, 0.717) is 0 Å². The Morgan fingerprint density at radius 2 is 1.88 bits per heavy atom. The van der Waals surface area contributed by atoms with E-state index in [-0.39, 0.29) is 24.0 Å². The number of benzene rings is 1. The molecule has 2 rings (SSSR count). The van der Waals surface area contributed by atoms with E-state index in [4.69, 9.17) is 14.5 Å². The zero-order valence-corrected chi connectivity index (χ0v) is 17.3. The average Bonchev–Trinajstić information content (AvgIpc) is 3.11. The number of halogens is 1. The molecule has 24 heavy (non-hydrogen) atoms. The molecule has 0 bridgehead atoms. The van der Waals surface area contributed by atoms with Gasteiger partial charge in [0.1, 0.15) is 0 Å². The van der Waals surface area contributed by atoms with Crippen LogP contribution >= 0.6 is 24.0 Å². The molecule has 6 heteroatoms. The minimum atomic E-state index is 0. The van der Waals surface area contributed by atoms with Gasteiger partial charge in [0, 0.05) is 26.2 Å². The van der Waals surface area contributed by atoms with Crippen molar-refractivity contribution < 1.29 is 9.47 Å². The zero-order chi connectivity index (χ0) is 16.5. The molecule has 5 nitrogen and oxygen atoms in total. The summed E-state index contributed by atoms with van der Waals surface area (Å²) in [6.07, 6.45) is 4.56. The molecule has 1 fully saturated rings. The first kappa shape index (κ1) is 20.9. The van der Waals surface area contributed by atoms with Gasteiger partial charge in [-0.05, 0) is 50.3 Å². The van der Waals surface area contributed by atoms with Crippen molar-refractivity contribution in [3.63, 3.8) is 0 Å². The summed E-state index contributed by atoms with van der Waals surface area (Å²) in [5.74, 6) is 2.63. The molecule has 0 radical (unpaired) electrons. The average molecular weight is 447 g/mol. The van der Waals surface area contributed by atoms with Gasteiger partial charge in [0.2, 0.25) is 0 Å². The van der Waals surface area contributed by atoms with E-state index in [1.807, 2.05) is 12.1 Å². The maximum Gasteiger partial charge on any atom is 0.193 e. The molecular weight excluding hydrogens is 417 g/mol. The molecule has 0 aliphatic carbocycles. The van der Waals surface area contributed by atoms with Gasteiger partial charge < -0.3 is 19.7 Å². The number of hydrogen-bond acceptors (Lipinski definition) is 3. The van der Waals surface area contributed by atoms with Gasteiger partial charge in [0.15, 0.2) is 17.5 Å². The van der Waals surface area contributed by atoms with E-state index in [1.165, 1.54) is 18.4 Å². The van der Waals surface area contributed by atoms with Crippen molar-refractivity contribution in [2.45, 2.75) is 32.6 Å². The quantitative estimate of drug-likeness (QED) is 0.302. The van der Waals surface area contributed by atoms with Crippen LogP contribution in [0.15, 0.2) is 23.2 Å². The standard InChI is InChI=1S/C18H29N3O2.HI/c1-4-19-18(21-12-5-6-13-21)20-11-7-8-15-9-10-16(22-2)17(14-15)23-3;/h9-10,14H,4-8,11-13H2,1-3H3,(H,19,20);1H. The van der Waals surface area contributed by atoms with Crippen LogP contribution in [-0.4, -0.2) is 51.3 Å². The molecule has 1 aliphatic rings. The maximum atomic E-state index is 5.35. The van der Waals surface area contributed by atoms with Gasteiger partial charge in [0.05, 0.1) is 14.2 Å². The van der Waals surface area contributed by atoms with Crippen molar-refractivity contribution in [1.29, 1.82) is 0 Å².